The highest BCUT2D eigenvalue weighted by molar-refractivity contribution is 5.92. The number of hydrogen-bond acceptors (Lipinski definition) is 5. The molecule has 136 valence electrons. The molecule has 0 bridgehead atoms. The molecule has 0 aliphatic carbocycles. The van der Waals surface area contributed by atoms with E-state index in [1.165, 1.54) is 4.57 Å². The van der Waals surface area contributed by atoms with Crippen molar-refractivity contribution in [1.82, 2.24) is 9.88 Å². The van der Waals surface area contributed by atoms with Gasteiger partial charge in [-0.2, -0.15) is 0 Å². The molecule has 0 amide bonds. The first-order valence-electron chi connectivity index (χ1n) is 8.50. The van der Waals surface area contributed by atoms with Crippen molar-refractivity contribution >= 4 is 23.0 Å². The van der Waals surface area contributed by atoms with Crippen LogP contribution in [0.2, 0.25) is 0 Å². The minimum Gasteiger partial charge on any atom is -0.466 e. The van der Waals surface area contributed by atoms with Gasteiger partial charge in [0.05, 0.1) is 18.5 Å². The lowest BCUT2D eigenvalue weighted by Gasteiger charge is -2.19. The molecule has 0 saturated carbocycles. The quantitative estimate of drug-likeness (QED) is 0.641. The first kappa shape index (κ1) is 19.0. The predicted octanol–water partition coefficient (Wildman–Crippen LogP) is 3.47. The maximum Gasteiger partial charge on any atom is 0.419 e. The van der Waals surface area contributed by atoms with Crippen molar-refractivity contribution in [3.63, 3.8) is 0 Å². The Morgan fingerprint density at radius 1 is 1.20 bits per heavy atom. The van der Waals surface area contributed by atoms with Crippen LogP contribution in [0.4, 0.5) is 4.79 Å². The topological polar surface area (TPSA) is 69.6 Å². The van der Waals surface area contributed by atoms with Crippen LogP contribution in [-0.4, -0.2) is 35.4 Å². The van der Waals surface area contributed by atoms with E-state index in [1.54, 1.807) is 13.1 Å². The zero-order valence-electron chi connectivity index (χ0n) is 15.3. The van der Waals surface area contributed by atoms with Crippen LogP contribution in [0, 0.1) is 0 Å². The second kappa shape index (κ2) is 8.16. The van der Waals surface area contributed by atoms with E-state index in [9.17, 15) is 9.59 Å². The Labute approximate surface area is 148 Å². The van der Waals surface area contributed by atoms with E-state index >= 15 is 0 Å². The Bertz CT molecular complexity index is 743. The van der Waals surface area contributed by atoms with Gasteiger partial charge in [-0.15, -0.1) is 0 Å². The minimum absolute atomic E-state index is 0.216. The van der Waals surface area contributed by atoms with Crippen LogP contribution >= 0.6 is 0 Å². The van der Waals surface area contributed by atoms with Gasteiger partial charge in [0.2, 0.25) is 0 Å². The number of nitrogens with one attached hydrogen (secondary N) is 1. The average molecular weight is 346 g/mol. The van der Waals surface area contributed by atoms with Crippen molar-refractivity contribution < 1.29 is 19.1 Å². The first-order chi connectivity index (χ1) is 11.8. The van der Waals surface area contributed by atoms with E-state index in [4.69, 9.17) is 9.47 Å². The molecule has 1 N–H and O–H groups in total. The molecule has 2 aromatic rings. The molecule has 6 nitrogen and oxygen atoms in total. The van der Waals surface area contributed by atoms with Crippen LogP contribution in [0.5, 0.6) is 0 Å². The summed E-state index contributed by atoms with van der Waals surface area (Å²) in [4.78, 5) is 23.8. The molecule has 1 heterocycles. The molecule has 2 rings (SSSR count). The number of ether oxygens (including phenoxy) is 2. The molecular weight excluding hydrogens is 320 g/mol. The third-order valence-electron chi connectivity index (χ3n) is 3.51. The molecule has 0 spiro atoms. The molecule has 1 aromatic heterocycles. The number of esters is 1. The highest BCUT2D eigenvalue weighted by Crippen LogP contribution is 2.22. The highest BCUT2D eigenvalue weighted by atomic mass is 16.6. The Morgan fingerprint density at radius 2 is 1.92 bits per heavy atom. The van der Waals surface area contributed by atoms with Crippen molar-refractivity contribution in [2.45, 2.75) is 46.3 Å². The number of fused-ring (bicyclic) bond motifs is 1. The summed E-state index contributed by atoms with van der Waals surface area (Å²) in [6.07, 6.45) is 1.70. The number of hydrogen-bond donors (Lipinski definition) is 1. The third-order valence-corrected chi connectivity index (χ3v) is 3.51. The van der Waals surface area contributed by atoms with E-state index in [2.05, 4.69) is 5.32 Å². The Hall–Kier alpha value is -2.34. The highest BCUT2D eigenvalue weighted by Gasteiger charge is 2.20. The summed E-state index contributed by atoms with van der Waals surface area (Å²) in [5, 5.41) is 4.20. The summed E-state index contributed by atoms with van der Waals surface area (Å²) in [5.41, 5.74) is 1.23. The summed E-state index contributed by atoms with van der Waals surface area (Å²) in [6.45, 7) is 8.77. The van der Waals surface area contributed by atoms with Gasteiger partial charge in [0.15, 0.2) is 0 Å². The third kappa shape index (κ3) is 5.32. The van der Waals surface area contributed by atoms with Crippen LogP contribution in [-0.2, 0) is 20.8 Å². The van der Waals surface area contributed by atoms with Crippen LogP contribution in [0.15, 0.2) is 30.5 Å². The molecular formula is C19H26N2O4. The molecule has 0 fully saturated rings. The van der Waals surface area contributed by atoms with Crippen molar-refractivity contribution in [2.75, 3.05) is 13.2 Å². The summed E-state index contributed by atoms with van der Waals surface area (Å²) < 4.78 is 11.9. The van der Waals surface area contributed by atoms with Gasteiger partial charge in [0.25, 0.3) is 0 Å². The minimum atomic E-state index is -0.555. The molecule has 0 unspecified atom stereocenters. The molecule has 0 aliphatic heterocycles. The number of para-hydroxylation sites is 1. The summed E-state index contributed by atoms with van der Waals surface area (Å²) in [6, 6.07) is 7.69. The van der Waals surface area contributed by atoms with Gasteiger partial charge in [0.1, 0.15) is 5.60 Å². The second-order valence-corrected chi connectivity index (χ2v) is 6.75. The number of carbonyl (C=O) groups excluding carboxylic acids is 2. The summed E-state index contributed by atoms with van der Waals surface area (Å²) >= 11 is 0. The Morgan fingerprint density at radius 3 is 2.60 bits per heavy atom. The maximum atomic E-state index is 12.4. The Balaban J connectivity index is 2.10. The second-order valence-electron chi connectivity index (χ2n) is 6.75. The monoisotopic (exact) mass is 346 g/mol. The van der Waals surface area contributed by atoms with E-state index in [-0.39, 0.29) is 5.97 Å². The lowest BCUT2D eigenvalue weighted by atomic mass is 10.2. The average Bonchev–Trinajstić information content (AvgIpc) is 2.89. The first-order valence-corrected chi connectivity index (χ1v) is 8.50. The fraction of sp³-hybridized carbons (Fsp3) is 0.474. The molecule has 25 heavy (non-hydrogen) atoms. The van der Waals surface area contributed by atoms with Gasteiger partial charge in [-0.1, -0.05) is 18.2 Å². The van der Waals surface area contributed by atoms with Gasteiger partial charge in [-0.05, 0) is 39.3 Å². The van der Waals surface area contributed by atoms with Gasteiger partial charge in [0, 0.05) is 24.7 Å². The Kier molecular flexibility index (Phi) is 6.20. The molecule has 0 radical (unpaired) electrons. The van der Waals surface area contributed by atoms with Gasteiger partial charge < -0.3 is 14.8 Å². The number of rotatable bonds is 6. The van der Waals surface area contributed by atoms with Gasteiger partial charge >= 0.3 is 12.1 Å². The largest absolute Gasteiger partial charge is 0.466 e. The van der Waals surface area contributed by atoms with Crippen molar-refractivity contribution in [3.05, 3.63) is 36.0 Å². The number of carbonyl (C=O) groups is 2. The fourth-order valence-electron chi connectivity index (χ4n) is 2.50. The number of aromatic nitrogens is 1. The van der Waals surface area contributed by atoms with Crippen LogP contribution in [0.1, 0.15) is 39.7 Å². The van der Waals surface area contributed by atoms with Crippen molar-refractivity contribution in [2.24, 2.45) is 0 Å². The van der Waals surface area contributed by atoms with E-state index < -0.39 is 11.7 Å². The predicted molar refractivity (Wildman–Crippen MR) is 96.5 cm³/mol. The SMILES string of the molecule is CCOC(=O)CCNCc1cn(C(=O)OC(C)(C)C)c2ccccc12. The van der Waals surface area contributed by atoms with Crippen LogP contribution in [0.25, 0.3) is 10.9 Å². The zero-order valence-corrected chi connectivity index (χ0v) is 15.3. The molecule has 6 heteroatoms. The van der Waals surface area contributed by atoms with Crippen molar-refractivity contribution in [3.8, 4) is 0 Å². The number of nitrogens with zero attached hydrogens (tertiary/aromatic N) is 1. The molecule has 0 atom stereocenters. The molecule has 0 saturated heterocycles. The van der Waals surface area contributed by atoms with E-state index in [0.29, 0.717) is 26.1 Å². The maximum absolute atomic E-state index is 12.4. The smallest absolute Gasteiger partial charge is 0.419 e. The normalized spacial score (nSPS) is 11.5. The van der Waals surface area contributed by atoms with Crippen LogP contribution < -0.4 is 5.32 Å². The lowest BCUT2D eigenvalue weighted by Crippen LogP contribution is -2.26. The molecule has 1 aromatic carbocycles. The number of benzene rings is 1. The summed E-state index contributed by atoms with van der Waals surface area (Å²) in [5.74, 6) is -0.216. The zero-order chi connectivity index (χ0) is 18.4. The lowest BCUT2D eigenvalue weighted by molar-refractivity contribution is -0.142. The van der Waals surface area contributed by atoms with Gasteiger partial charge in [-0.3, -0.25) is 9.36 Å². The summed E-state index contributed by atoms with van der Waals surface area (Å²) in [7, 11) is 0. The fourth-order valence-corrected chi connectivity index (χ4v) is 2.50. The standard InChI is InChI=1S/C19H26N2O4/c1-5-24-17(22)10-11-20-12-14-13-21(18(23)25-19(2,3)4)16-9-7-6-8-15(14)16/h6-9,13,20H,5,10-12H2,1-4H3. The van der Waals surface area contributed by atoms with Crippen LogP contribution in [0.3, 0.4) is 0 Å². The van der Waals surface area contributed by atoms with E-state index in [0.717, 1.165) is 16.5 Å². The van der Waals surface area contributed by atoms with Crippen molar-refractivity contribution in [1.29, 1.82) is 0 Å². The van der Waals surface area contributed by atoms with Gasteiger partial charge in [-0.25, -0.2) is 4.79 Å². The molecule has 0 aliphatic rings. The van der Waals surface area contributed by atoms with E-state index in [1.807, 2.05) is 45.0 Å².